The molecule has 0 fully saturated rings. The summed E-state index contributed by atoms with van der Waals surface area (Å²) in [6.07, 6.45) is 5.34. The molecule has 1 aliphatic rings. The Bertz CT molecular complexity index is 375. The van der Waals surface area contributed by atoms with E-state index in [1.54, 1.807) is 0 Å². The molecule has 0 radical (unpaired) electrons. The molecule has 0 saturated carbocycles. The first kappa shape index (κ1) is 9.58. The average Bonchev–Trinajstić information content (AvgIpc) is 2.63. The van der Waals surface area contributed by atoms with Crippen LogP contribution in [0.25, 0.3) is 0 Å². The maximum absolute atomic E-state index is 8.60. The number of oxime groups is 1. The van der Waals surface area contributed by atoms with E-state index >= 15 is 0 Å². The zero-order chi connectivity index (χ0) is 10.7. The number of anilines is 1. The van der Waals surface area contributed by atoms with Crippen LogP contribution >= 0.6 is 0 Å². The lowest BCUT2D eigenvalue weighted by Gasteiger charge is -2.26. The largest absolute Gasteiger partial charge is 0.411 e. The first-order chi connectivity index (χ1) is 7.33. The van der Waals surface area contributed by atoms with E-state index < -0.39 is 0 Å². The van der Waals surface area contributed by atoms with Gasteiger partial charge in [0.25, 0.3) is 0 Å². The van der Waals surface area contributed by atoms with Gasteiger partial charge < -0.3 is 15.0 Å². The van der Waals surface area contributed by atoms with Crippen molar-refractivity contribution in [1.29, 1.82) is 0 Å². The van der Waals surface area contributed by atoms with Gasteiger partial charge in [0, 0.05) is 25.1 Å². The Kier molecular flexibility index (Phi) is 2.58. The minimum atomic E-state index is -0.0580. The minimum Gasteiger partial charge on any atom is -0.411 e. The van der Waals surface area contributed by atoms with Gasteiger partial charge in [-0.05, 0) is 12.1 Å². The fraction of sp³-hybridized carbons (Fsp3) is 0.182. The normalized spacial score (nSPS) is 20.5. The summed E-state index contributed by atoms with van der Waals surface area (Å²) in [5.74, 6) is 0. The summed E-state index contributed by atoms with van der Waals surface area (Å²) in [4.78, 5) is 3.99. The molecule has 0 aromatic heterocycles. The lowest BCUT2D eigenvalue weighted by molar-refractivity contribution is 0.314. The van der Waals surface area contributed by atoms with E-state index in [1.165, 1.54) is 6.21 Å². The van der Waals surface area contributed by atoms with E-state index in [1.807, 2.05) is 59.6 Å². The van der Waals surface area contributed by atoms with E-state index in [2.05, 4.69) is 5.16 Å². The highest BCUT2D eigenvalue weighted by atomic mass is 16.4. The van der Waals surface area contributed by atoms with Crippen molar-refractivity contribution in [2.45, 2.75) is 6.17 Å². The van der Waals surface area contributed by atoms with E-state index in [-0.39, 0.29) is 6.17 Å². The molecule has 2 rings (SSSR count). The van der Waals surface area contributed by atoms with Gasteiger partial charge in [0.2, 0.25) is 0 Å². The lowest BCUT2D eigenvalue weighted by atomic mass is 10.3. The molecule has 1 heterocycles. The summed E-state index contributed by atoms with van der Waals surface area (Å²) in [6.45, 7) is 0. The third kappa shape index (κ3) is 1.79. The van der Waals surface area contributed by atoms with Gasteiger partial charge in [-0.2, -0.15) is 0 Å². The van der Waals surface area contributed by atoms with Crippen LogP contribution in [0.3, 0.4) is 0 Å². The molecule has 1 aromatic rings. The predicted molar refractivity (Wildman–Crippen MR) is 59.9 cm³/mol. The maximum Gasteiger partial charge on any atom is 0.145 e. The molecule has 0 amide bonds. The van der Waals surface area contributed by atoms with Crippen molar-refractivity contribution < 1.29 is 5.21 Å². The molecule has 1 N–H and O–H groups in total. The quantitative estimate of drug-likeness (QED) is 0.451. The van der Waals surface area contributed by atoms with E-state index in [4.69, 9.17) is 5.21 Å². The molecular weight excluding hydrogens is 190 g/mol. The maximum atomic E-state index is 8.60. The topological polar surface area (TPSA) is 39.1 Å². The van der Waals surface area contributed by atoms with Gasteiger partial charge in [0.05, 0.1) is 6.21 Å². The van der Waals surface area contributed by atoms with Gasteiger partial charge in [-0.25, -0.2) is 0 Å². The molecule has 0 bridgehead atoms. The van der Waals surface area contributed by atoms with E-state index in [0.717, 1.165) is 5.69 Å². The Hall–Kier alpha value is -1.97. The van der Waals surface area contributed by atoms with Crippen LogP contribution in [-0.2, 0) is 0 Å². The van der Waals surface area contributed by atoms with Crippen LogP contribution < -0.4 is 4.90 Å². The summed E-state index contributed by atoms with van der Waals surface area (Å²) >= 11 is 0. The molecule has 1 aromatic carbocycles. The van der Waals surface area contributed by atoms with Crippen molar-refractivity contribution >= 4 is 11.9 Å². The van der Waals surface area contributed by atoms with Gasteiger partial charge in [-0.15, -0.1) is 0 Å². The van der Waals surface area contributed by atoms with Gasteiger partial charge in [-0.3, -0.25) is 0 Å². The van der Waals surface area contributed by atoms with Crippen LogP contribution in [0.2, 0.25) is 0 Å². The predicted octanol–water partition coefficient (Wildman–Crippen LogP) is 1.70. The number of benzene rings is 1. The van der Waals surface area contributed by atoms with E-state index in [9.17, 15) is 0 Å². The highest BCUT2D eigenvalue weighted by molar-refractivity contribution is 5.72. The molecular formula is C11H13N3O. The first-order valence-corrected chi connectivity index (χ1v) is 4.74. The van der Waals surface area contributed by atoms with E-state index in [0.29, 0.717) is 0 Å². The SMILES string of the molecule is CN1C=CN(c2ccccc2)C1C=NO. The smallest absolute Gasteiger partial charge is 0.145 e. The summed E-state index contributed by atoms with van der Waals surface area (Å²) in [7, 11) is 1.94. The number of rotatable bonds is 2. The lowest BCUT2D eigenvalue weighted by Crippen LogP contribution is -2.37. The Morgan fingerprint density at radius 2 is 2.00 bits per heavy atom. The van der Waals surface area contributed by atoms with Crippen molar-refractivity contribution in [2.24, 2.45) is 5.16 Å². The van der Waals surface area contributed by atoms with Gasteiger partial charge in [-0.1, -0.05) is 23.4 Å². The monoisotopic (exact) mass is 203 g/mol. The van der Waals surface area contributed by atoms with Crippen LogP contribution in [0.4, 0.5) is 5.69 Å². The van der Waals surface area contributed by atoms with Gasteiger partial charge in [0.1, 0.15) is 6.17 Å². The number of hydrogen-bond acceptors (Lipinski definition) is 4. The fourth-order valence-electron chi connectivity index (χ4n) is 1.63. The molecule has 4 nitrogen and oxygen atoms in total. The van der Waals surface area contributed by atoms with Crippen molar-refractivity contribution in [2.75, 3.05) is 11.9 Å². The first-order valence-electron chi connectivity index (χ1n) is 4.74. The summed E-state index contributed by atoms with van der Waals surface area (Å²) in [5, 5.41) is 11.7. The zero-order valence-corrected chi connectivity index (χ0v) is 8.49. The van der Waals surface area contributed by atoms with Crippen LogP contribution in [-0.4, -0.2) is 29.5 Å². The third-order valence-corrected chi connectivity index (χ3v) is 2.42. The number of nitrogens with zero attached hydrogens (tertiary/aromatic N) is 3. The molecule has 0 saturated heterocycles. The number of para-hydroxylation sites is 1. The molecule has 4 heteroatoms. The molecule has 0 aliphatic carbocycles. The summed E-state index contributed by atoms with van der Waals surface area (Å²) in [5.41, 5.74) is 1.07. The molecule has 1 unspecified atom stereocenters. The molecule has 0 spiro atoms. The molecule has 15 heavy (non-hydrogen) atoms. The van der Waals surface area contributed by atoms with Crippen LogP contribution in [0, 0.1) is 0 Å². The molecule has 1 aliphatic heterocycles. The fourth-order valence-corrected chi connectivity index (χ4v) is 1.63. The van der Waals surface area contributed by atoms with Crippen molar-refractivity contribution in [3.05, 3.63) is 42.7 Å². The summed E-state index contributed by atoms with van der Waals surface area (Å²) in [6, 6.07) is 9.97. The van der Waals surface area contributed by atoms with Crippen molar-refractivity contribution in [1.82, 2.24) is 4.90 Å². The van der Waals surface area contributed by atoms with Crippen LogP contribution in [0.15, 0.2) is 47.9 Å². The van der Waals surface area contributed by atoms with Crippen molar-refractivity contribution in [3.63, 3.8) is 0 Å². The van der Waals surface area contributed by atoms with Gasteiger partial charge in [0.15, 0.2) is 0 Å². The highest BCUT2D eigenvalue weighted by Crippen LogP contribution is 2.22. The number of hydrogen-bond donors (Lipinski definition) is 1. The van der Waals surface area contributed by atoms with Crippen molar-refractivity contribution in [3.8, 4) is 0 Å². The van der Waals surface area contributed by atoms with Crippen LogP contribution in [0.5, 0.6) is 0 Å². The average molecular weight is 203 g/mol. The Balaban J connectivity index is 2.26. The second-order valence-corrected chi connectivity index (χ2v) is 3.38. The standard InChI is InChI=1S/C11H13N3O/c1-13-7-8-14(11(13)9-12-15)10-5-3-2-4-6-10/h2-9,11,15H,1H3. The van der Waals surface area contributed by atoms with Gasteiger partial charge >= 0.3 is 0 Å². The molecule has 78 valence electrons. The summed E-state index contributed by atoms with van der Waals surface area (Å²) < 4.78 is 0. The highest BCUT2D eigenvalue weighted by Gasteiger charge is 2.22. The second-order valence-electron chi connectivity index (χ2n) is 3.38. The zero-order valence-electron chi connectivity index (χ0n) is 8.49. The molecule has 1 atom stereocenters. The minimum absolute atomic E-state index is 0.0580. The van der Waals surface area contributed by atoms with Crippen LogP contribution in [0.1, 0.15) is 0 Å². The Morgan fingerprint density at radius 3 is 2.67 bits per heavy atom. The Morgan fingerprint density at radius 1 is 1.27 bits per heavy atom. The second kappa shape index (κ2) is 4.04. The third-order valence-electron chi connectivity index (χ3n) is 2.42. The Labute approximate surface area is 88.7 Å².